The van der Waals surface area contributed by atoms with Crippen LogP contribution < -0.4 is 25.0 Å². The molecule has 168 valence electrons. The van der Waals surface area contributed by atoms with E-state index < -0.39 is 24.5 Å². The molecule has 0 aromatic carbocycles. The van der Waals surface area contributed by atoms with Gasteiger partial charge in [0.2, 0.25) is 0 Å². The SMILES string of the molecule is CC[C@@H](C)CCCC[I-]NC1CCN(C(=O)OC(C(F)(F)F)C(F)(F)F)CC1. The van der Waals surface area contributed by atoms with Gasteiger partial charge < -0.3 is 0 Å². The molecule has 1 atom stereocenters. The van der Waals surface area contributed by atoms with Crippen molar-refractivity contribution in [3.8, 4) is 0 Å². The van der Waals surface area contributed by atoms with Gasteiger partial charge in [0.15, 0.2) is 0 Å². The molecule has 11 heteroatoms. The number of halogens is 7. The van der Waals surface area contributed by atoms with Crippen molar-refractivity contribution >= 4 is 6.09 Å². The van der Waals surface area contributed by atoms with Crippen LogP contribution in [0.4, 0.5) is 31.1 Å². The van der Waals surface area contributed by atoms with E-state index in [1.165, 1.54) is 19.3 Å². The number of hydrogen-bond donors (Lipinski definition) is 1. The molecule has 0 aromatic rings. The van der Waals surface area contributed by atoms with Crippen molar-refractivity contribution in [1.82, 2.24) is 8.43 Å². The average molecular weight is 533 g/mol. The van der Waals surface area contributed by atoms with Gasteiger partial charge in [-0.2, -0.15) is 0 Å². The van der Waals surface area contributed by atoms with Crippen molar-refractivity contribution in [2.45, 2.75) is 76.9 Å². The Bertz CT molecular complexity index is 454. The number of likely N-dealkylation sites (tertiary alicyclic amines) is 1. The third kappa shape index (κ3) is 9.36. The van der Waals surface area contributed by atoms with E-state index >= 15 is 0 Å². The van der Waals surface area contributed by atoms with Crippen LogP contribution in [0.25, 0.3) is 0 Å². The Labute approximate surface area is 172 Å². The second-order valence-electron chi connectivity index (χ2n) is 7.05. The van der Waals surface area contributed by atoms with Crippen molar-refractivity contribution in [2.75, 3.05) is 17.5 Å². The summed E-state index contributed by atoms with van der Waals surface area (Å²) in [4.78, 5) is 12.6. The van der Waals surface area contributed by atoms with Crippen LogP contribution in [-0.2, 0) is 4.74 Å². The Morgan fingerprint density at radius 1 is 1.14 bits per heavy atom. The molecule has 1 aliphatic heterocycles. The van der Waals surface area contributed by atoms with Gasteiger partial charge in [0.1, 0.15) is 0 Å². The van der Waals surface area contributed by atoms with Crippen LogP contribution in [0.1, 0.15) is 52.4 Å². The first kappa shape index (κ1) is 25.6. The van der Waals surface area contributed by atoms with E-state index in [-0.39, 0.29) is 40.6 Å². The molecule has 1 fully saturated rings. The van der Waals surface area contributed by atoms with Gasteiger partial charge in [-0.3, -0.25) is 0 Å². The van der Waals surface area contributed by atoms with E-state index in [2.05, 4.69) is 22.1 Å². The number of piperidine rings is 1. The number of carbonyl (C=O) groups excluding carboxylic acids is 1. The minimum absolute atomic E-state index is 0.0800. The molecule has 0 unspecified atom stereocenters. The van der Waals surface area contributed by atoms with Crippen molar-refractivity contribution in [1.29, 1.82) is 0 Å². The van der Waals surface area contributed by atoms with Gasteiger partial charge >= 0.3 is 172 Å². The van der Waals surface area contributed by atoms with Crippen molar-refractivity contribution in [3.63, 3.8) is 0 Å². The molecule has 0 aromatic heterocycles. The summed E-state index contributed by atoms with van der Waals surface area (Å²) in [5.41, 5.74) is 0. The number of rotatable bonds is 9. The summed E-state index contributed by atoms with van der Waals surface area (Å²) in [6.45, 7) is 4.57. The third-order valence-electron chi connectivity index (χ3n) is 4.67. The molecule has 4 nitrogen and oxygen atoms in total. The number of carbonyl (C=O) groups is 1. The number of nitrogens with zero attached hydrogens (tertiary/aromatic N) is 1. The first-order valence-corrected chi connectivity index (χ1v) is 12.0. The Morgan fingerprint density at radius 2 is 1.71 bits per heavy atom. The third-order valence-corrected chi connectivity index (χ3v) is 7.29. The molecule has 28 heavy (non-hydrogen) atoms. The number of hydrogen-bond acceptors (Lipinski definition) is 3. The van der Waals surface area contributed by atoms with Gasteiger partial charge in [-0.1, -0.05) is 0 Å². The molecule has 0 radical (unpaired) electrons. The Hall–Kier alpha value is -0.460. The molecular weight excluding hydrogens is 505 g/mol. The number of alkyl halides is 7. The summed E-state index contributed by atoms with van der Waals surface area (Å²) in [5.74, 6) is 0.740. The Morgan fingerprint density at radius 3 is 2.21 bits per heavy atom. The van der Waals surface area contributed by atoms with Crippen LogP contribution in [-0.4, -0.2) is 53.0 Å². The number of ether oxygens (including phenoxy) is 1. The fourth-order valence-corrected chi connectivity index (χ4v) is 5.17. The summed E-state index contributed by atoms with van der Waals surface area (Å²) in [7, 11) is 0. The molecule has 1 N–H and O–H groups in total. The Balaban J connectivity index is 2.29. The summed E-state index contributed by atoms with van der Waals surface area (Å²) < 4.78 is 83.2. The number of amides is 1. The van der Waals surface area contributed by atoms with Gasteiger partial charge in [-0.15, -0.1) is 0 Å². The molecule has 1 heterocycles. The van der Waals surface area contributed by atoms with E-state index in [1.54, 1.807) is 0 Å². The maximum atomic E-state index is 12.5. The van der Waals surface area contributed by atoms with Crippen LogP contribution in [0.2, 0.25) is 0 Å². The van der Waals surface area contributed by atoms with Crippen LogP contribution in [0.5, 0.6) is 0 Å². The van der Waals surface area contributed by atoms with Gasteiger partial charge in [0.25, 0.3) is 0 Å². The van der Waals surface area contributed by atoms with Crippen LogP contribution in [0.3, 0.4) is 0 Å². The van der Waals surface area contributed by atoms with Gasteiger partial charge in [0.05, 0.1) is 0 Å². The molecule has 1 aliphatic rings. The first-order chi connectivity index (χ1) is 12.9. The van der Waals surface area contributed by atoms with E-state index in [1.807, 2.05) is 0 Å². The van der Waals surface area contributed by atoms with E-state index in [0.717, 1.165) is 21.7 Å². The topological polar surface area (TPSA) is 41.6 Å². The minimum atomic E-state index is -5.69. The van der Waals surface area contributed by atoms with E-state index in [4.69, 9.17) is 0 Å². The van der Waals surface area contributed by atoms with Crippen LogP contribution >= 0.6 is 0 Å². The zero-order valence-corrected chi connectivity index (χ0v) is 18.2. The summed E-state index contributed by atoms with van der Waals surface area (Å²) in [5, 5.41) is 0. The van der Waals surface area contributed by atoms with E-state index in [9.17, 15) is 31.1 Å². The quantitative estimate of drug-likeness (QED) is 0.162. The fraction of sp³-hybridized carbons (Fsp3) is 0.941. The molecule has 0 spiro atoms. The monoisotopic (exact) mass is 533 g/mol. The molecule has 1 amide bonds. The zero-order valence-electron chi connectivity index (χ0n) is 16.0. The van der Waals surface area contributed by atoms with Crippen LogP contribution in [0, 0.1) is 5.92 Å². The maximum absolute atomic E-state index is 12.5. The first-order valence-electron chi connectivity index (χ1n) is 9.37. The van der Waals surface area contributed by atoms with Gasteiger partial charge in [-0.25, -0.2) is 0 Å². The molecular formula is C17H28F6IN2O2-. The number of unbranched alkanes of at least 4 members (excludes halogenated alkanes) is 1. The zero-order chi connectivity index (χ0) is 21.4. The second kappa shape index (κ2) is 11.7. The standard InChI is InChI=1S/C17H28F6IN2O2/c1-3-12(2)6-4-5-9-24-25-13-7-10-26(11-8-13)15(27)28-14(16(18,19)20)17(21,22)23/h12-14,25H,3-11H2,1-2H3/q-1/t12-/m1/s1. The predicted molar refractivity (Wildman–Crippen MR) is 88.3 cm³/mol. The number of nitrogens with one attached hydrogen (secondary N) is 1. The predicted octanol–water partition coefficient (Wildman–Crippen LogP) is 1.89. The molecule has 1 saturated heterocycles. The average Bonchev–Trinajstić information content (AvgIpc) is 2.60. The summed E-state index contributed by atoms with van der Waals surface area (Å²) in [6, 6.07) is 0.146. The molecule has 0 bridgehead atoms. The van der Waals surface area contributed by atoms with Crippen LogP contribution in [0.15, 0.2) is 0 Å². The fourth-order valence-electron chi connectivity index (χ4n) is 2.69. The molecule has 0 saturated carbocycles. The van der Waals surface area contributed by atoms with Crippen molar-refractivity contribution in [3.05, 3.63) is 0 Å². The molecule has 0 aliphatic carbocycles. The Kier molecular flexibility index (Phi) is 10.6. The normalized spacial score (nSPS) is 18.0. The summed E-state index contributed by atoms with van der Waals surface area (Å²) in [6.07, 6.45) is -11.3. The van der Waals surface area contributed by atoms with Crippen molar-refractivity contribution < 1.29 is 57.4 Å². The summed E-state index contributed by atoms with van der Waals surface area (Å²) >= 11 is -0.196. The second-order valence-corrected chi connectivity index (χ2v) is 9.51. The van der Waals surface area contributed by atoms with E-state index in [0.29, 0.717) is 12.8 Å². The van der Waals surface area contributed by atoms with Gasteiger partial charge in [0, 0.05) is 0 Å². The van der Waals surface area contributed by atoms with Crippen molar-refractivity contribution in [2.24, 2.45) is 5.92 Å². The van der Waals surface area contributed by atoms with Gasteiger partial charge in [-0.05, 0) is 0 Å². The molecule has 1 rings (SSSR count).